The molecule has 5 aromatic rings. The summed E-state index contributed by atoms with van der Waals surface area (Å²) in [7, 11) is 1.83. The molecule has 222 valence electrons. The second-order valence-corrected chi connectivity index (χ2v) is 12.0. The van der Waals surface area contributed by atoms with Gasteiger partial charge in [0.2, 0.25) is 0 Å². The van der Waals surface area contributed by atoms with Gasteiger partial charge in [0.1, 0.15) is 0 Å². The second kappa shape index (κ2) is 14.2. The number of benzene rings is 5. The predicted octanol–water partition coefficient (Wildman–Crippen LogP) is 10.8. The highest BCUT2D eigenvalue weighted by atomic mass is 32.2. The molecule has 1 heterocycles. The number of hydrogen-bond donors (Lipinski definition) is 1. The number of aliphatic imine (C=N–C) groups is 2. The van der Waals surface area contributed by atoms with E-state index in [0.29, 0.717) is 0 Å². The fourth-order valence-corrected chi connectivity index (χ4v) is 6.51. The minimum Gasteiger partial charge on any atom is -0.398 e. The Morgan fingerprint density at radius 3 is 2.11 bits per heavy atom. The number of nitrogens with zero attached hydrogens (tertiary/aromatic N) is 2. The van der Waals surface area contributed by atoms with E-state index in [1.807, 2.05) is 50.5 Å². The van der Waals surface area contributed by atoms with Gasteiger partial charge in [0.15, 0.2) is 0 Å². The minimum atomic E-state index is 0.825. The van der Waals surface area contributed by atoms with Gasteiger partial charge in [-0.15, -0.1) is 11.8 Å². The van der Waals surface area contributed by atoms with Crippen molar-refractivity contribution in [3.63, 3.8) is 0 Å². The van der Waals surface area contributed by atoms with Crippen molar-refractivity contribution >= 4 is 35.1 Å². The molecule has 1 aliphatic heterocycles. The number of anilines is 1. The molecule has 0 saturated carbocycles. The molecule has 45 heavy (non-hydrogen) atoms. The molecule has 4 heteroatoms. The Hall–Kier alpha value is -4.93. The van der Waals surface area contributed by atoms with Crippen LogP contribution in [0.3, 0.4) is 0 Å². The number of hydrogen-bond acceptors (Lipinski definition) is 4. The van der Waals surface area contributed by atoms with E-state index in [-0.39, 0.29) is 0 Å². The van der Waals surface area contributed by atoms with Crippen LogP contribution in [0.2, 0.25) is 0 Å². The molecule has 0 spiro atoms. The third-order valence-electron chi connectivity index (χ3n) is 8.03. The number of para-hydroxylation sites is 1. The summed E-state index contributed by atoms with van der Waals surface area (Å²) in [5.41, 5.74) is 19.7. The van der Waals surface area contributed by atoms with Crippen molar-refractivity contribution in [3.05, 3.63) is 150 Å². The fraction of sp³-hybridized carbons (Fsp3) is 0.122. The van der Waals surface area contributed by atoms with E-state index in [1.54, 1.807) is 11.8 Å². The summed E-state index contributed by atoms with van der Waals surface area (Å²) < 4.78 is 0. The minimum absolute atomic E-state index is 0.825. The monoisotopic (exact) mass is 603 g/mol. The number of nitrogen functional groups attached to an aromatic ring is 1. The zero-order chi connectivity index (χ0) is 31.0. The van der Waals surface area contributed by atoms with Gasteiger partial charge in [-0.05, 0) is 94.1 Å². The van der Waals surface area contributed by atoms with E-state index in [0.717, 1.165) is 51.7 Å². The van der Waals surface area contributed by atoms with Crippen molar-refractivity contribution in [2.75, 3.05) is 12.8 Å². The van der Waals surface area contributed by atoms with Crippen LogP contribution in [0.4, 0.5) is 5.69 Å². The molecule has 0 fully saturated rings. The van der Waals surface area contributed by atoms with Crippen molar-refractivity contribution in [2.45, 2.75) is 30.4 Å². The molecule has 5 aromatic carbocycles. The Morgan fingerprint density at radius 1 is 0.756 bits per heavy atom. The zero-order valence-corrected chi connectivity index (χ0v) is 26.6. The maximum absolute atomic E-state index is 6.17. The van der Waals surface area contributed by atoms with Gasteiger partial charge in [-0.1, -0.05) is 109 Å². The summed E-state index contributed by atoms with van der Waals surface area (Å²) in [6, 6.07) is 41.3. The SMILES string of the molecule is C/C=C\C(=NC)c1ccc(-c2ccc(-c3ccc(C4=CCCC=N4)cc3)c(-c3ccc(CSc4ccccc4N)cc3)c2)cc1. The molecule has 0 unspecified atom stereocenters. The van der Waals surface area contributed by atoms with Gasteiger partial charge < -0.3 is 5.73 Å². The van der Waals surface area contributed by atoms with Gasteiger partial charge in [-0.25, -0.2) is 0 Å². The average molecular weight is 604 g/mol. The molecular weight excluding hydrogens is 567 g/mol. The Balaban J connectivity index is 1.34. The molecule has 0 aliphatic carbocycles. The molecule has 0 bridgehead atoms. The maximum Gasteiger partial charge on any atom is 0.0658 e. The summed E-state index contributed by atoms with van der Waals surface area (Å²) in [5, 5.41) is 0. The van der Waals surface area contributed by atoms with Gasteiger partial charge in [-0.2, -0.15) is 0 Å². The maximum atomic E-state index is 6.17. The summed E-state index contributed by atoms with van der Waals surface area (Å²) in [6.45, 7) is 2.02. The summed E-state index contributed by atoms with van der Waals surface area (Å²) in [4.78, 5) is 10.2. The van der Waals surface area contributed by atoms with Crippen LogP contribution in [0.25, 0.3) is 39.1 Å². The zero-order valence-electron chi connectivity index (χ0n) is 25.8. The molecule has 0 amide bonds. The molecule has 0 saturated heterocycles. The molecule has 0 atom stereocenters. The molecule has 0 radical (unpaired) electrons. The lowest BCUT2D eigenvalue weighted by atomic mass is 9.90. The summed E-state index contributed by atoms with van der Waals surface area (Å²) in [5.74, 6) is 0.865. The van der Waals surface area contributed by atoms with Crippen LogP contribution in [0.1, 0.15) is 36.5 Å². The van der Waals surface area contributed by atoms with E-state index in [4.69, 9.17) is 5.73 Å². The summed E-state index contributed by atoms with van der Waals surface area (Å²) >= 11 is 1.77. The first-order valence-electron chi connectivity index (χ1n) is 15.4. The lowest BCUT2D eigenvalue weighted by molar-refractivity contribution is 1.09. The third-order valence-corrected chi connectivity index (χ3v) is 9.19. The van der Waals surface area contributed by atoms with E-state index in [2.05, 4.69) is 113 Å². The first kappa shape index (κ1) is 30.1. The average Bonchev–Trinajstić information content (AvgIpc) is 3.11. The molecule has 2 N–H and O–H groups in total. The van der Waals surface area contributed by atoms with Crippen LogP contribution < -0.4 is 5.73 Å². The smallest absolute Gasteiger partial charge is 0.0658 e. The number of thioether (sulfide) groups is 1. The van der Waals surface area contributed by atoms with Crippen molar-refractivity contribution in [1.29, 1.82) is 0 Å². The van der Waals surface area contributed by atoms with Crippen LogP contribution in [0, 0.1) is 0 Å². The highest BCUT2D eigenvalue weighted by molar-refractivity contribution is 7.98. The van der Waals surface area contributed by atoms with E-state index in [9.17, 15) is 0 Å². The predicted molar refractivity (Wildman–Crippen MR) is 196 cm³/mol. The number of allylic oxidation sites excluding steroid dienone is 3. The van der Waals surface area contributed by atoms with Gasteiger partial charge in [0.05, 0.1) is 11.4 Å². The lowest BCUT2D eigenvalue weighted by Crippen LogP contribution is -1.96. The first-order chi connectivity index (χ1) is 22.1. The van der Waals surface area contributed by atoms with E-state index >= 15 is 0 Å². The van der Waals surface area contributed by atoms with Crippen molar-refractivity contribution in [2.24, 2.45) is 9.98 Å². The Bertz CT molecular complexity index is 1890. The Kier molecular flexibility index (Phi) is 9.53. The highest BCUT2D eigenvalue weighted by Crippen LogP contribution is 2.37. The van der Waals surface area contributed by atoms with Crippen LogP contribution in [0.5, 0.6) is 0 Å². The third kappa shape index (κ3) is 7.08. The van der Waals surface area contributed by atoms with Crippen LogP contribution in [-0.2, 0) is 5.75 Å². The molecular formula is C41H37N3S. The Morgan fingerprint density at radius 2 is 1.42 bits per heavy atom. The van der Waals surface area contributed by atoms with Crippen molar-refractivity contribution in [3.8, 4) is 33.4 Å². The second-order valence-electron chi connectivity index (χ2n) is 11.0. The normalized spacial score (nSPS) is 13.3. The first-order valence-corrected chi connectivity index (χ1v) is 16.4. The molecule has 6 rings (SSSR count). The van der Waals surface area contributed by atoms with Crippen LogP contribution in [0.15, 0.2) is 148 Å². The fourth-order valence-electron chi connectivity index (χ4n) is 5.58. The van der Waals surface area contributed by atoms with Gasteiger partial charge >= 0.3 is 0 Å². The summed E-state index contributed by atoms with van der Waals surface area (Å²) in [6.07, 6.45) is 10.4. The van der Waals surface area contributed by atoms with Crippen LogP contribution >= 0.6 is 11.8 Å². The topological polar surface area (TPSA) is 50.7 Å². The Labute approximate surface area is 271 Å². The van der Waals surface area contributed by atoms with E-state index in [1.165, 1.54) is 38.9 Å². The molecule has 0 aromatic heterocycles. The van der Waals surface area contributed by atoms with Crippen molar-refractivity contribution < 1.29 is 0 Å². The van der Waals surface area contributed by atoms with Crippen LogP contribution in [-0.4, -0.2) is 19.0 Å². The highest BCUT2D eigenvalue weighted by Gasteiger charge is 2.12. The number of rotatable bonds is 9. The standard InChI is InChI=1S/C41H37N3S/c1-3-8-39(43-2)33-20-16-30(17-21-33)35-24-25-36(31-18-22-34(23-19-31)40-10-6-7-26-44-40)37(27-35)32-14-12-29(13-15-32)28-45-41-11-5-4-9-38(41)42/h3-5,8-27H,6-7,28,42H2,1-2H3/b8-3-,43-39?. The van der Waals surface area contributed by atoms with Crippen molar-refractivity contribution in [1.82, 2.24) is 0 Å². The van der Waals surface area contributed by atoms with Gasteiger partial charge in [0.25, 0.3) is 0 Å². The largest absolute Gasteiger partial charge is 0.398 e. The molecule has 1 aliphatic rings. The lowest BCUT2D eigenvalue weighted by Gasteiger charge is -2.15. The quantitative estimate of drug-likeness (QED) is 0.103. The van der Waals surface area contributed by atoms with Gasteiger partial charge in [0, 0.05) is 29.6 Å². The van der Waals surface area contributed by atoms with Gasteiger partial charge in [-0.3, -0.25) is 9.98 Å². The molecule has 3 nitrogen and oxygen atoms in total. The van der Waals surface area contributed by atoms with E-state index < -0.39 is 0 Å². The number of nitrogens with two attached hydrogens (primary N) is 1.